The number of rotatable bonds is 5. The second-order valence-electron chi connectivity index (χ2n) is 4.99. The molecule has 2 rings (SSSR count). The molecule has 0 heterocycles. The summed E-state index contributed by atoms with van der Waals surface area (Å²) in [6.07, 6.45) is 5.25. The lowest BCUT2D eigenvalue weighted by atomic mass is 9.86. The average Bonchev–Trinajstić information content (AvgIpc) is 2.45. The van der Waals surface area contributed by atoms with Crippen molar-refractivity contribution in [3.63, 3.8) is 0 Å². The number of nitro groups is 1. The van der Waals surface area contributed by atoms with Crippen LogP contribution >= 0.6 is 15.9 Å². The van der Waals surface area contributed by atoms with Gasteiger partial charge < -0.3 is 4.74 Å². The van der Waals surface area contributed by atoms with Crippen LogP contribution in [0.15, 0.2) is 22.7 Å². The molecular formula is C14H16BrNO4. The van der Waals surface area contributed by atoms with Crippen molar-refractivity contribution in [3.05, 3.63) is 32.8 Å². The first-order chi connectivity index (χ1) is 9.56. The molecule has 1 saturated carbocycles. The number of nitro benzene ring substituents is 1. The minimum atomic E-state index is -0.486. The molecule has 0 saturated heterocycles. The monoisotopic (exact) mass is 341 g/mol. The number of benzene rings is 1. The van der Waals surface area contributed by atoms with Crippen LogP contribution in [0.5, 0.6) is 5.75 Å². The number of ketones is 1. The fourth-order valence-electron chi connectivity index (χ4n) is 2.43. The first-order valence-corrected chi connectivity index (χ1v) is 7.46. The van der Waals surface area contributed by atoms with Crippen molar-refractivity contribution in [2.24, 2.45) is 5.92 Å². The molecule has 1 fully saturated rings. The summed E-state index contributed by atoms with van der Waals surface area (Å²) in [5.41, 5.74) is -0.0560. The Bertz CT molecular complexity index is 512. The molecule has 20 heavy (non-hydrogen) atoms. The molecule has 1 aliphatic rings. The number of carbonyl (C=O) groups excluding carboxylic acids is 1. The second kappa shape index (κ2) is 6.83. The molecule has 0 aromatic heterocycles. The van der Waals surface area contributed by atoms with Crippen molar-refractivity contribution in [1.82, 2.24) is 0 Å². The maximum absolute atomic E-state index is 12.0. The lowest BCUT2D eigenvalue weighted by Gasteiger charge is -2.20. The normalized spacial score (nSPS) is 15.8. The van der Waals surface area contributed by atoms with Crippen LogP contribution in [-0.2, 0) is 4.79 Å². The van der Waals surface area contributed by atoms with E-state index in [1.807, 2.05) is 0 Å². The molecule has 1 aliphatic carbocycles. The summed E-state index contributed by atoms with van der Waals surface area (Å²) in [7, 11) is 0. The molecular weight excluding hydrogens is 326 g/mol. The van der Waals surface area contributed by atoms with Gasteiger partial charge in [0.05, 0.1) is 11.0 Å². The van der Waals surface area contributed by atoms with Gasteiger partial charge in [-0.25, -0.2) is 0 Å². The fraction of sp³-hybridized carbons (Fsp3) is 0.500. The van der Waals surface area contributed by atoms with Gasteiger partial charge in [0, 0.05) is 16.5 Å². The largest absolute Gasteiger partial charge is 0.486 e. The number of hydrogen-bond donors (Lipinski definition) is 0. The van der Waals surface area contributed by atoms with E-state index < -0.39 is 4.92 Å². The third kappa shape index (κ3) is 4.03. The number of hydrogen-bond acceptors (Lipinski definition) is 4. The maximum Gasteiger partial charge on any atom is 0.274 e. The Morgan fingerprint density at radius 3 is 2.65 bits per heavy atom. The van der Waals surface area contributed by atoms with Gasteiger partial charge in [-0.1, -0.05) is 35.2 Å². The lowest BCUT2D eigenvalue weighted by Crippen LogP contribution is -2.23. The van der Waals surface area contributed by atoms with Crippen molar-refractivity contribution >= 4 is 27.4 Å². The molecule has 6 heteroatoms. The highest BCUT2D eigenvalue weighted by Gasteiger charge is 2.21. The molecule has 0 amide bonds. The SMILES string of the molecule is O=C(COc1cc(Br)cc([N+](=O)[O-])c1)C1CCCCC1. The predicted octanol–water partition coefficient (Wildman–Crippen LogP) is 3.89. The summed E-state index contributed by atoms with van der Waals surface area (Å²) in [6, 6.07) is 4.36. The molecule has 108 valence electrons. The molecule has 5 nitrogen and oxygen atoms in total. The Morgan fingerprint density at radius 1 is 1.30 bits per heavy atom. The zero-order chi connectivity index (χ0) is 14.5. The zero-order valence-corrected chi connectivity index (χ0v) is 12.6. The highest BCUT2D eigenvalue weighted by molar-refractivity contribution is 9.10. The van der Waals surface area contributed by atoms with Crippen molar-refractivity contribution < 1.29 is 14.5 Å². The third-order valence-electron chi connectivity index (χ3n) is 3.51. The van der Waals surface area contributed by atoms with Crippen LogP contribution in [0.25, 0.3) is 0 Å². The van der Waals surface area contributed by atoms with E-state index in [-0.39, 0.29) is 24.0 Å². The second-order valence-corrected chi connectivity index (χ2v) is 5.91. The van der Waals surface area contributed by atoms with Gasteiger partial charge in [0.15, 0.2) is 5.78 Å². The van der Waals surface area contributed by atoms with Crippen LogP contribution in [0.4, 0.5) is 5.69 Å². The first kappa shape index (κ1) is 15.0. The van der Waals surface area contributed by atoms with E-state index in [9.17, 15) is 14.9 Å². The van der Waals surface area contributed by atoms with Crippen LogP contribution < -0.4 is 4.74 Å². The third-order valence-corrected chi connectivity index (χ3v) is 3.97. The molecule has 0 spiro atoms. The number of halogens is 1. The van der Waals surface area contributed by atoms with Gasteiger partial charge in [-0.05, 0) is 18.9 Å². The van der Waals surface area contributed by atoms with Crippen molar-refractivity contribution in [3.8, 4) is 5.75 Å². The van der Waals surface area contributed by atoms with E-state index in [0.717, 1.165) is 25.7 Å². The number of non-ortho nitro benzene ring substituents is 1. The van der Waals surface area contributed by atoms with Crippen LogP contribution in [-0.4, -0.2) is 17.3 Å². The fourth-order valence-corrected chi connectivity index (χ4v) is 2.89. The average molecular weight is 342 g/mol. The van der Waals surface area contributed by atoms with E-state index in [1.165, 1.54) is 18.6 Å². The van der Waals surface area contributed by atoms with Crippen molar-refractivity contribution in [1.29, 1.82) is 0 Å². The Balaban J connectivity index is 1.96. The van der Waals surface area contributed by atoms with Gasteiger partial charge >= 0.3 is 0 Å². The van der Waals surface area contributed by atoms with E-state index in [4.69, 9.17) is 4.74 Å². The highest BCUT2D eigenvalue weighted by atomic mass is 79.9. The maximum atomic E-state index is 12.0. The predicted molar refractivity (Wildman–Crippen MR) is 77.9 cm³/mol. The van der Waals surface area contributed by atoms with Crippen LogP contribution in [0.3, 0.4) is 0 Å². The van der Waals surface area contributed by atoms with Gasteiger partial charge in [-0.15, -0.1) is 0 Å². The highest BCUT2D eigenvalue weighted by Crippen LogP contribution is 2.27. The summed E-state index contributed by atoms with van der Waals surface area (Å²) in [5.74, 6) is 0.522. The number of ether oxygens (including phenoxy) is 1. The Hall–Kier alpha value is -1.43. The summed E-state index contributed by atoms with van der Waals surface area (Å²) in [4.78, 5) is 22.3. The van der Waals surface area contributed by atoms with Crippen molar-refractivity contribution in [2.45, 2.75) is 32.1 Å². The van der Waals surface area contributed by atoms with Gasteiger partial charge in [0.1, 0.15) is 12.4 Å². The molecule has 0 unspecified atom stereocenters. The minimum Gasteiger partial charge on any atom is -0.486 e. The van der Waals surface area contributed by atoms with Gasteiger partial charge in [0.2, 0.25) is 0 Å². The van der Waals surface area contributed by atoms with E-state index in [0.29, 0.717) is 10.2 Å². The van der Waals surface area contributed by atoms with E-state index in [2.05, 4.69) is 15.9 Å². The zero-order valence-electron chi connectivity index (χ0n) is 11.0. The Morgan fingerprint density at radius 2 is 2.00 bits per heavy atom. The number of nitrogens with zero attached hydrogens (tertiary/aromatic N) is 1. The summed E-state index contributed by atoms with van der Waals surface area (Å²) in [5, 5.41) is 10.8. The van der Waals surface area contributed by atoms with Gasteiger partial charge in [-0.2, -0.15) is 0 Å². The molecule has 0 radical (unpaired) electrons. The van der Waals surface area contributed by atoms with Crippen LogP contribution in [0.1, 0.15) is 32.1 Å². The van der Waals surface area contributed by atoms with Gasteiger partial charge in [-0.3, -0.25) is 14.9 Å². The molecule has 0 N–H and O–H groups in total. The van der Waals surface area contributed by atoms with Crippen LogP contribution in [0, 0.1) is 16.0 Å². The number of carbonyl (C=O) groups is 1. The topological polar surface area (TPSA) is 69.4 Å². The first-order valence-electron chi connectivity index (χ1n) is 6.67. The molecule has 0 atom stereocenters. The minimum absolute atomic E-state index is 0.0156. The smallest absolute Gasteiger partial charge is 0.274 e. The standard InChI is InChI=1S/C14H16BrNO4/c15-11-6-12(16(18)19)8-13(7-11)20-9-14(17)10-4-2-1-3-5-10/h6-8,10H,1-5,9H2. The number of Topliss-reactive ketones (excluding diaryl/α,β-unsaturated/α-hetero) is 1. The summed E-state index contributed by atoms with van der Waals surface area (Å²) in [6.45, 7) is -0.0156. The Kier molecular flexibility index (Phi) is 5.11. The molecule has 1 aromatic rings. The quantitative estimate of drug-likeness (QED) is 0.601. The van der Waals surface area contributed by atoms with Gasteiger partial charge in [0.25, 0.3) is 5.69 Å². The van der Waals surface area contributed by atoms with E-state index in [1.54, 1.807) is 6.07 Å². The van der Waals surface area contributed by atoms with Crippen molar-refractivity contribution in [2.75, 3.05) is 6.61 Å². The summed E-state index contributed by atoms with van der Waals surface area (Å²) >= 11 is 3.20. The molecule has 0 aliphatic heterocycles. The molecule has 0 bridgehead atoms. The van der Waals surface area contributed by atoms with E-state index >= 15 is 0 Å². The summed E-state index contributed by atoms with van der Waals surface area (Å²) < 4.78 is 5.97. The molecule has 1 aromatic carbocycles. The van der Waals surface area contributed by atoms with Crippen LogP contribution in [0.2, 0.25) is 0 Å². The Labute approximate surface area is 125 Å². The lowest BCUT2D eigenvalue weighted by molar-refractivity contribution is -0.385.